The summed E-state index contributed by atoms with van der Waals surface area (Å²) < 4.78 is 6.38. The van der Waals surface area contributed by atoms with Crippen molar-refractivity contribution in [1.82, 2.24) is 20.1 Å². The third-order valence-corrected chi connectivity index (χ3v) is 2.93. The first-order chi connectivity index (χ1) is 9.54. The average molecular weight is 278 g/mol. The molecule has 2 aromatic heterocycles. The Balaban J connectivity index is 2.25. The van der Waals surface area contributed by atoms with Crippen LogP contribution in [0.4, 0.5) is 0 Å². The first-order valence-electron chi connectivity index (χ1n) is 5.91. The van der Waals surface area contributed by atoms with E-state index in [-0.39, 0.29) is 5.69 Å². The fourth-order valence-electron chi connectivity index (χ4n) is 1.73. The van der Waals surface area contributed by atoms with Gasteiger partial charge in [-0.2, -0.15) is 0 Å². The van der Waals surface area contributed by atoms with Gasteiger partial charge < -0.3 is 15.2 Å². The third-order valence-electron chi connectivity index (χ3n) is 2.93. The van der Waals surface area contributed by atoms with E-state index in [4.69, 9.17) is 9.84 Å². The largest absolute Gasteiger partial charge is 0.480 e. The summed E-state index contributed by atoms with van der Waals surface area (Å²) in [6, 6.07) is 4.00. The van der Waals surface area contributed by atoms with Crippen LogP contribution in [-0.2, 0) is 9.53 Å². The number of pyridine rings is 1. The van der Waals surface area contributed by atoms with Crippen LogP contribution in [0.1, 0.15) is 17.4 Å². The number of amides is 1. The Labute approximate surface area is 114 Å². The van der Waals surface area contributed by atoms with Crippen molar-refractivity contribution in [2.45, 2.75) is 19.1 Å². The minimum atomic E-state index is -1.18. The second-order valence-corrected chi connectivity index (χ2v) is 4.20. The minimum Gasteiger partial charge on any atom is -0.480 e. The highest BCUT2D eigenvalue weighted by atomic mass is 16.5. The fraction of sp³-hybridized carbons (Fsp3) is 0.333. The maximum Gasteiger partial charge on any atom is 0.328 e. The number of aromatic nitrogens is 3. The molecule has 0 unspecified atom stereocenters. The van der Waals surface area contributed by atoms with Gasteiger partial charge in [0, 0.05) is 13.3 Å². The Hall–Kier alpha value is -2.48. The molecule has 0 radical (unpaired) electrons. The Morgan fingerprint density at radius 2 is 2.20 bits per heavy atom. The lowest BCUT2D eigenvalue weighted by atomic mass is 10.1. The number of rotatable bonds is 5. The Kier molecular flexibility index (Phi) is 3.94. The van der Waals surface area contributed by atoms with E-state index in [1.54, 1.807) is 31.3 Å². The van der Waals surface area contributed by atoms with Crippen molar-refractivity contribution >= 4 is 17.4 Å². The van der Waals surface area contributed by atoms with E-state index in [1.807, 2.05) is 0 Å². The maximum absolute atomic E-state index is 12.1. The van der Waals surface area contributed by atoms with Crippen LogP contribution in [0.25, 0.3) is 5.52 Å². The van der Waals surface area contributed by atoms with Gasteiger partial charge in [-0.05, 0) is 19.1 Å². The number of hydrogen-bond acceptors (Lipinski definition) is 5. The van der Waals surface area contributed by atoms with Gasteiger partial charge >= 0.3 is 5.97 Å². The molecule has 0 aliphatic carbocycles. The van der Waals surface area contributed by atoms with Crippen LogP contribution >= 0.6 is 0 Å². The molecule has 1 amide bonds. The summed E-state index contributed by atoms with van der Waals surface area (Å²) in [7, 11) is 1.38. The summed E-state index contributed by atoms with van der Waals surface area (Å²) in [4.78, 5) is 23.2. The number of nitrogens with one attached hydrogen (secondary N) is 1. The molecule has 0 fully saturated rings. The van der Waals surface area contributed by atoms with E-state index in [9.17, 15) is 9.59 Å². The molecule has 2 atom stereocenters. The molecule has 0 aromatic carbocycles. The molecule has 2 heterocycles. The van der Waals surface area contributed by atoms with E-state index in [0.717, 1.165) is 0 Å². The van der Waals surface area contributed by atoms with Crippen LogP contribution in [-0.4, -0.2) is 51.1 Å². The van der Waals surface area contributed by atoms with Crippen molar-refractivity contribution in [2.75, 3.05) is 7.11 Å². The van der Waals surface area contributed by atoms with Crippen LogP contribution in [0.3, 0.4) is 0 Å². The molecule has 0 bridgehead atoms. The molecule has 0 spiro atoms. The first kappa shape index (κ1) is 13.9. The molecule has 2 N–H and O–H groups in total. The number of carboxylic acid groups (broad SMARTS) is 1. The average Bonchev–Trinajstić information content (AvgIpc) is 2.87. The molecule has 0 saturated carbocycles. The summed E-state index contributed by atoms with van der Waals surface area (Å²) in [5.74, 6) is -1.79. The smallest absolute Gasteiger partial charge is 0.328 e. The van der Waals surface area contributed by atoms with Gasteiger partial charge in [-0.25, -0.2) is 9.31 Å². The zero-order valence-corrected chi connectivity index (χ0v) is 11.0. The van der Waals surface area contributed by atoms with Gasteiger partial charge in [0.15, 0.2) is 11.7 Å². The fourth-order valence-corrected chi connectivity index (χ4v) is 1.73. The highest BCUT2D eigenvalue weighted by Gasteiger charge is 2.28. The van der Waals surface area contributed by atoms with Gasteiger partial charge in [-0.1, -0.05) is 11.3 Å². The number of carbonyl (C=O) groups excluding carboxylic acids is 1. The summed E-state index contributed by atoms with van der Waals surface area (Å²) in [5, 5.41) is 19.0. The third kappa shape index (κ3) is 2.59. The molecule has 0 aliphatic heterocycles. The van der Waals surface area contributed by atoms with Crippen LogP contribution < -0.4 is 5.32 Å². The minimum absolute atomic E-state index is 0.0696. The molecule has 8 nitrogen and oxygen atoms in total. The van der Waals surface area contributed by atoms with Gasteiger partial charge in [-0.3, -0.25) is 4.79 Å². The molecule has 8 heteroatoms. The standard InChI is InChI=1S/C12H14N4O4/c1-7(20-2)9(12(18)19)13-11(17)10-8-5-3-4-6-16(8)15-14-10/h3-7,9H,1-2H3,(H,13,17)(H,18,19)/t7-,9+/m0/s1. The lowest BCUT2D eigenvalue weighted by molar-refractivity contribution is -0.142. The highest BCUT2D eigenvalue weighted by Crippen LogP contribution is 2.08. The van der Waals surface area contributed by atoms with Crippen LogP contribution in [0.2, 0.25) is 0 Å². The van der Waals surface area contributed by atoms with Gasteiger partial charge in [0.05, 0.1) is 11.6 Å². The van der Waals surface area contributed by atoms with Crippen molar-refractivity contribution < 1.29 is 19.4 Å². The summed E-state index contributed by atoms with van der Waals surface area (Å²) in [5.41, 5.74) is 0.569. The Bertz CT molecular complexity index is 639. The number of fused-ring (bicyclic) bond motifs is 1. The number of aliphatic carboxylic acids is 1. The Morgan fingerprint density at radius 1 is 1.45 bits per heavy atom. The van der Waals surface area contributed by atoms with Crippen LogP contribution in [0.15, 0.2) is 24.4 Å². The maximum atomic E-state index is 12.1. The lowest BCUT2D eigenvalue weighted by Crippen LogP contribution is -2.48. The molecule has 20 heavy (non-hydrogen) atoms. The number of ether oxygens (including phenoxy) is 1. The SMILES string of the molecule is CO[C@@H](C)[C@@H](NC(=O)c1nnn2ccccc12)C(=O)O. The van der Waals surface area contributed by atoms with Crippen LogP contribution in [0.5, 0.6) is 0 Å². The summed E-state index contributed by atoms with van der Waals surface area (Å²) in [6.07, 6.45) is 0.976. The number of carboxylic acids is 1. The number of carbonyl (C=O) groups is 2. The van der Waals surface area contributed by atoms with Crippen molar-refractivity contribution in [3.63, 3.8) is 0 Å². The predicted molar refractivity (Wildman–Crippen MR) is 68.3 cm³/mol. The number of nitrogens with zero attached hydrogens (tertiary/aromatic N) is 3. The quantitative estimate of drug-likeness (QED) is 0.794. The van der Waals surface area contributed by atoms with Crippen molar-refractivity contribution in [2.24, 2.45) is 0 Å². The molecule has 2 aromatic rings. The van der Waals surface area contributed by atoms with E-state index in [1.165, 1.54) is 11.6 Å². The number of hydrogen-bond donors (Lipinski definition) is 2. The first-order valence-corrected chi connectivity index (χ1v) is 5.91. The monoisotopic (exact) mass is 278 g/mol. The second kappa shape index (κ2) is 5.66. The molecule has 2 rings (SSSR count). The van der Waals surface area contributed by atoms with Crippen molar-refractivity contribution in [3.05, 3.63) is 30.1 Å². The van der Waals surface area contributed by atoms with E-state index in [2.05, 4.69) is 15.6 Å². The van der Waals surface area contributed by atoms with Crippen molar-refractivity contribution in [1.29, 1.82) is 0 Å². The van der Waals surface area contributed by atoms with E-state index in [0.29, 0.717) is 5.52 Å². The van der Waals surface area contributed by atoms with E-state index < -0.39 is 24.0 Å². The summed E-state index contributed by atoms with van der Waals surface area (Å²) in [6.45, 7) is 1.56. The van der Waals surface area contributed by atoms with Gasteiger partial charge in [-0.15, -0.1) is 5.10 Å². The van der Waals surface area contributed by atoms with E-state index >= 15 is 0 Å². The van der Waals surface area contributed by atoms with Gasteiger partial charge in [0.1, 0.15) is 0 Å². The zero-order valence-electron chi connectivity index (χ0n) is 11.0. The summed E-state index contributed by atoms with van der Waals surface area (Å²) >= 11 is 0. The number of methoxy groups -OCH3 is 1. The molecule has 106 valence electrons. The second-order valence-electron chi connectivity index (χ2n) is 4.20. The predicted octanol–water partition coefficient (Wildman–Crippen LogP) is -0.0528. The Morgan fingerprint density at radius 3 is 2.85 bits per heavy atom. The van der Waals surface area contributed by atoms with Crippen molar-refractivity contribution in [3.8, 4) is 0 Å². The molecule has 0 aliphatic rings. The molecular weight excluding hydrogens is 264 g/mol. The normalized spacial score (nSPS) is 13.9. The zero-order chi connectivity index (χ0) is 14.7. The molecular formula is C12H14N4O4. The highest BCUT2D eigenvalue weighted by molar-refractivity contribution is 6.00. The van der Waals surface area contributed by atoms with Gasteiger partial charge in [0.2, 0.25) is 0 Å². The topological polar surface area (TPSA) is 106 Å². The molecule has 0 saturated heterocycles. The van der Waals surface area contributed by atoms with Crippen LogP contribution in [0, 0.1) is 0 Å². The lowest BCUT2D eigenvalue weighted by Gasteiger charge is -2.19. The van der Waals surface area contributed by atoms with Gasteiger partial charge in [0.25, 0.3) is 5.91 Å².